The lowest BCUT2D eigenvalue weighted by molar-refractivity contribution is 0.0600. The fourth-order valence-electron chi connectivity index (χ4n) is 2.01. The molecule has 0 saturated heterocycles. The molecule has 0 amide bonds. The number of rotatable bonds is 6. The Hall–Kier alpha value is -1.44. The van der Waals surface area contributed by atoms with Crippen molar-refractivity contribution in [1.82, 2.24) is 4.72 Å². The van der Waals surface area contributed by atoms with E-state index in [1.807, 2.05) is 0 Å². The fourth-order valence-corrected chi connectivity index (χ4v) is 3.37. The molecule has 1 aliphatic rings. The first-order valence-corrected chi connectivity index (χ1v) is 7.87. The van der Waals surface area contributed by atoms with Crippen molar-refractivity contribution in [2.45, 2.75) is 23.8 Å². The summed E-state index contributed by atoms with van der Waals surface area (Å²) in [5, 5.41) is 0. The third-order valence-corrected chi connectivity index (χ3v) is 4.80. The number of nitrogens with one attached hydrogen (secondary N) is 1. The van der Waals surface area contributed by atoms with Crippen LogP contribution in [0.2, 0.25) is 0 Å². The molecule has 1 unspecified atom stereocenters. The Kier molecular flexibility index (Phi) is 4.42. The predicted molar refractivity (Wildman–Crippen MR) is 73.7 cm³/mol. The summed E-state index contributed by atoms with van der Waals surface area (Å²) in [5.41, 5.74) is 5.80. The first-order chi connectivity index (χ1) is 9.47. The van der Waals surface area contributed by atoms with Gasteiger partial charge in [0.25, 0.3) is 0 Å². The minimum Gasteiger partial charge on any atom is -0.465 e. The summed E-state index contributed by atoms with van der Waals surface area (Å²) in [6, 6.07) is 5.51. The van der Waals surface area contributed by atoms with Crippen LogP contribution in [0.5, 0.6) is 0 Å². The Bertz CT molecular complexity index is 596. The lowest BCUT2D eigenvalue weighted by Crippen LogP contribution is -2.41. The van der Waals surface area contributed by atoms with Gasteiger partial charge in [-0.15, -0.1) is 0 Å². The van der Waals surface area contributed by atoms with Crippen molar-refractivity contribution in [2.75, 3.05) is 13.7 Å². The topological polar surface area (TPSA) is 98.5 Å². The van der Waals surface area contributed by atoms with Gasteiger partial charge in [0, 0.05) is 12.6 Å². The molecule has 0 spiro atoms. The minimum absolute atomic E-state index is 0.0412. The van der Waals surface area contributed by atoms with Crippen molar-refractivity contribution in [1.29, 1.82) is 0 Å². The molecule has 1 saturated carbocycles. The van der Waals surface area contributed by atoms with E-state index in [9.17, 15) is 13.2 Å². The van der Waals surface area contributed by atoms with Crippen LogP contribution in [0.4, 0.5) is 0 Å². The molecule has 1 atom stereocenters. The molecule has 1 aromatic carbocycles. The van der Waals surface area contributed by atoms with Crippen molar-refractivity contribution in [3.8, 4) is 0 Å². The van der Waals surface area contributed by atoms with Gasteiger partial charge in [-0.2, -0.15) is 0 Å². The van der Waals surface area contributed by atoms with Crippen molar-refractivity contribution in [2.24, 2.45) is 11.7 Å². The number of carbonyl (C=O) groups excluding carboxylic acids is 1. The maximum absolute atomic E-state index is 12.3. The number of nitrogens with two attached hydrogens (primary N) is 1. The summed E-state index contributed by atoms with van der Waals surface area (Å²) >= 11 is 0. The molecule has 0 aromatic heterocycles. The molecule has 20 heavy (non-hydrogen) atoms. The zero-order valence-corrected chi connectivity index (χ0v) is 12.0. The van der Waals surface area contributed by atoms with Crippen molar-refractivity contribution in [3.63, 3.8) is 0 Å². The Labute approximate surface area is 118 Å². The van der Waals surface area contributed by atoms with Gasteiger partial charge in [-0.05, 0) is 37.0 Å². The van der Waals surface area contributed by atoms with Gasteiger partial charge in [-0.25, -0.2) is 17.9 Å². The molecule has 1 aliphatic carbocycles. The van der Waals surface area contributed by atoms with Crippen molar-refractivity contribution < 1.29 is 17.9 Å². The van der Waals surface area contributed by atoms with Crippen LogP contribution in [0.3, 0.4) is 0 Å². The van der Waals surface area contributed by atoms with Gasteiger partial charge in [0.1, 0.15) is 0 Å². The highest BCUT2D eigenvalue weighted by molar-refractivity contribution is 7.89. The van der Waals surface area contributed by atoms with E-state index in [4.69, 9.17) is 5.73 Å². The lowest BCUT2D eigenvalue weighted by Gasteiger charge is -2.16. The van der Waals surface area contributed by atoms with Gasteiger partial charge in [0.15, 0.2) is 0 Å². The van der Waals surface area contributed by atoms with Crippen LogP contribution in [0, 0.1) is 5.92 Å². The van der Waals surface area contributed by atoms with Crippen molar-refractivity contribution >= 4 is 16.0 Å². The largest absolute Gasteiger partial charge is 0.465 e. The van der Waals surface area contributed by atoms with E-state index in [2.05, 4.69) is 9.46 Å². The average molecular weight is 298 g/mol. The number of hydrogen-bond donors (Lipinski definition) is 2. The number of hydrogen-bond acceptors (Lipinski definition) is 5. The highest BCUT2D eigenvalue weighted by Gasteiger charge is 2.33. The molecule has 1 aromatic rings. The zero-order valence-electron chi connectivity index (χ0n) is 11.2. The third-order valence-electron chi connectivity index (χ3n) is 3.32. The fraction of sp³-hybridized carbons (Fsp3) is 0.462. The van der Waals surface area contributed by atoms with Crippen LogP contribution >= 0.6 is 0 Å². The molecule has 0 bridgehead atoms. The number of methoxy groups -OCH3 is 1. The first-order valence-electron chi connectivity index (χ1n) is 6.38. The van der Waals surface area contributed by atoms with Crippen LogP contribution in [-0.2, 0) is 14.8 Å². The molecule has 0 heterocycles. The van der Waals surface area contributed by atoms with Gasteiger partial charge in [-0.3, -0.25) is 0 Å². The Balaban J connectivity index is 2.22. The molecular weight excluding hydrogens is 280 g/mol. The summed E-state index contributed by atoms with van der Waals surface area (Å²) in [6.45, 7) is 0.264. The predicted octanol–water partition coefficient (Wildman–Crippen LogP) is 0.489. The average Bonchev–Trinajstić information content (AvgIpc) is 3.28. The summed E-state index contributed by atoms with van der Waals surface area (Å²) in [4.78, 5) is 11.5. The quantitative estimate of drug-likeness (QED) is 0.745. The number of carbonyl (C=O) groups is 1. The monoisotopic (exact) mass is 298 g/mol. The highest BCUT2D eigenvalue weighted by Crippen LogP contribution is 2.32. The van der Waals surface area contributed by atoms with Crippen LogP contribution in [0.25, 0.3) is 0 Å². The molecule has 0 aliphatic heterocycles. The van der Waals surface area contributed by atoms with E-state index in [1.54, 1.807) is 0 Å². The van der Waals surface area contributed by atoms with E-state index < -0.39 is 16.0 Å². The standard InChI is InChI=1S/C13H18N2O4S/c1-19-13(16)10-3-2-4-11(7-10)20(17,18)15-12(8-14)9-5-6-9/h2-4,7,9,12,15H,5-6,8,14H2,1H3. The molecule has 0 radical (unpaired) electrons. The lowest BCUT2D eigenvalue weighted by atomic mass is 10.2. The Morgan fingerprint density at radius 3 is 2.75 bits per heavy atom. The normalized spacial score (nSPS) is 16.7. The van der Waals surface area contributed by atoms with Gasteiger partial charge in [0.05, 0.1) is 17.6 Å². The second-order valence-corrected chi connectivity index (χ2v) is 6.53. The molecule has 6 nitrogen and oxygen atoms in total. The first kappa shape index (κ1) is 15.0. The SMILES string of the molecule is COC(=O)c1cccc(S(=O)(=O)NC(CN)C2CC2)c1. The summed E-state index contributed by atoms with van der Waals surface area (Å²) < 4.78 is 31.7. The molecular formula is C13H18N2O4S. The minimum atomic E-state index is -3.68. The van der Waals surface area contributed by atoms with E-state index in [0.29, 0.717) is 5.92 Å². The maximum atomic E-state index is 12.3. The van der Waals surface area contributed by atoms with E-state index in [0.717, 1.165) is 12.8 Å². The van der Waals surface area contributed by atoms with E-state index >= 15 is 0 Å². The molecule has 7 heteroatoms. The molecule has 3 N–H and O–H groups in total. The zero-order chi connectivity index (χ0) is 14.8. The number of benzene rings is 1. The van der Waals surface area contributed by atoms with E-state index in [1.165, 1.54) is 31.4 Å². The van der Waals surface area contributed by atoms with Crippen molar-refractivity contribution in [3.05, 3.63) is 29.8 Å². The number of esters is 1. The van der Waals surface area contributed by atoms with Crippen LogP contribution in [-0.4, -0.2) is 34.1 Å². The van der Waals surface area contributed by atoms with Crippen LogP contribution in [0.15, 0.2) is 29.2 Å². The van der Waals surface area contributed by atoms with Gasteiger partial charge >= 0.3 is 5.97 Å². The Morgan fingerprint density at radius 1 is 1.50 bits per heavy atom. The smallest absolute Gasteiger partial charge is 0.337 e. The molecule has 1 fully saturated rings. The third kappa shape index (κ3) is 3.36. The summed E-state index contributed by atoms with van der Waals surface area (Å²) in [6.07, 6.45) is 1.99. The van der Waals surface area contributed by atoms with Crippen LogP contribution in [0.1, 0.15) is 23.2 Å². The van der Waals surface area contributed by atoms with Gasteiger partial charge in [0.2, 0.25) is 10.0 Å². The summed E-state index contributed by atoms with van der Waals surface area (Å²) in [5.74, 6) is -0.252. The van der Waals surface area contributed by atoms with Gasteiger partial charge < -0.3 is 10.5 Å². The summed E-state index contributed by atoms with van der Waals surface area (Å²) in [7, 11) is -2.43. The van der Waals surface area contributed by atoms with Crippen LogP contribution < -0.4 is 10.5 Å². The molecule has 2 rings (SSSR count). The molecule has 110 valence electrons. The Morgan fingerprint density at radius 2 is 2.20 bits per heavy atom. The second-order valence-electron chi connectivity index (χ2n) is 4.82. The van der Waals surface area contributed by atoms with E-state index in [-0.39, 0.29) is 23.0 Å². The highest BCUT2D eigenvalue weighted by atomic mass is 32.2. The maximum Gasteiger partial charge on any atom is 0.337 e. The van der Waals surface area contributed by atoms with Gasteiger partial charge in [-0.1, -0.05) is 6.07 Å². The number of ether oxygens (including phenoxy) is 1. The second kappa shape index (κ2) is 5.90. The number of sulfonamides is 1.